The van der Waals surface area contributed by atoms with Crippen LogP contribution in [0.15, 0.2) is 47.5 Å². The average Bonchev–Trinajstić information content (AvgIpc) is 3.64. The van der Waals surface area contributed by atoms with Crippen molar-refractivity contribution in [1.29, 1.82) is 0 Å². The number of benzene rings is 1. The molecule has 2 atom stereocenters. The van der Waals surface area contributed by atoms with Crippen molar-refractivity contribution in [2.24, 2.45) is 18.9 Å². The normalized spacial score (nSPS) is 19.7. The minimum atomic E-state index is -4.58. The van der Waals surface area contributed by atoms with Crippen LogP contribution in [0, 0.1) is 11.8 Å². The predicted molar refractivity (Wildman–Crippen MR) is 147 cm³/mol. The van der Waals surface area contributed by atoms with Crippen molar-refractivity contribution in [2.75, 3.05) is 13.1 Å². The fourth-order valence-electron chi connectivity index (χ4n) is 6.56. The molecule has 214 valence electrons. The number of alkyl halides is 3. The van der Waals surface area contributed by atoms with Gasteiger partial charge < -0.3 is 13.4 Å². The third-order valence-corrected chi connectivity index (χ3v) is 8.75. The van der Waals surface area contributed by atoms with E-state index in [4.69, 9.17) is 4.42 Å². The molecule has 0 N–H and O–H groups in total. The lowest BCUT2D eigenvalue weighted by Gasteiger charge is -2.33. The standard InChI is InChI=1S/C30H32F3N7O/c1-18-5-4-9-39(14-18)15-19-11-23(30(31,32)33)26-24(12-19)36-29(41-26)22-13-21(16-40-10-8-34-27(22)40)25(20-6-3-7-20)28-37-35-17-38(28)2/h8,10-13,16-18,20,25H,3-7,9,14-15H2,1-2H3/t18-,25+/m0/s1. The van der Waals surface area contributed by atoms with Gasteiger partial charge in [-0.1, -0.05) is 13.3 Å². The van der Waals surface area contributed by atoms with Crippen molar-refractivity contribution in [3.05, 3.63) is 65.6 Å². The molecule has 2 aliphatic rings. The predicted octanol–water partition coefficient (Wildman–Crippen LogP) is 6.45. The molecule has 5 aromatic rings. The van der Waals surface area contributed by atoms with Gasteiger partial charge in [0, 0.05) is 44.6 Å². The van der Waals surface area contributed by atoms with Crippen LogP contribution < -0.4 is 0 Å². The van der Waals surface area contributed by atoms with Gasteiger partial charge in [-0.25, -0.2) is 9.97 Å². The number of halogens is 3. The maximum Gasteiger partial charge on any atom is 0.420 e. The zero-order valence-electron chi connectivity index (χ0n) is 23.1. The second kappa shape index (κ2) is 9.97. The number of nitrogens with zero attached hydrogens (tertiary/aromatic N) is 7. The topological polar surface area (TPSA) is 77.3 Å². The molecule has 0 unspecified atom stereocenters. The molecule has 1 aliphatic carbocycles. The molecule has 0 amide bonds. The Morgan fingerprint density at radius 3 is 2.68 bits per heavy atom. The molecule has 1 saturated heterocycles. The molecular formula is C30H32F3N7O. The van der Waals surface area contributed by atoms with Crippen LogP contribution in [0.5, 0.6) is 0 Å². The maximum atomic E-state index is 14.3. The van der Waals surface area contributed by atoms with Crippen LogP contribution in [0.2, 0.25) is 0 Å². The summed E-state index contributed by atoms with van der Waals surface area (Å²) in [5, 5.41) is 8.53. The molecule has 1 aliphatic heterocycles. The molecule has 5 heterocycles. The first-order valence-electron chi connectivity index (χ1n) is 14.3. The van der Waals surface area contributed by atoms with Gasteiger partial charge in [0.2, 0.25) is 5.89 Å². The summed E-state index contributed by atoms with van der Waals surface area (Å²) in [6.45, 7) is 4.39. The first-order chi connectivity index (χ1) is 19.7. The van der Waals surface area contributed by atoms with Gasteiger partial charge in [0.25, 0.3) is 0 Å². The Labute approximate surface area is 235 Å². The number of aryl methyl sites for hydroxylation is 1. The van der Waals surface area contributed by atoms with E-state index in [0.717, 1.165) is 56.6 Å². The van der Waals surface area contributed by atoms with Crippen molar-refractivity contribution >= 4 is 16.7 Å². The largest absolute Gasteiger partial charge is 0.435 e. The van der Waals surface area contributed by atoms with Gasteiger partial charge >= 0.3 is 6.18 Å². The molecule has 4 aromatic heterocycles. The van der Waals surface area contributed by atoms with E-state index in [1.807, 2.05) is 34.5 Å². The minimum Gasteiger partial charge on any atom is -0.435 e. The average molecular weight is 564 g/mol. The van der Waals surface area contributed by atoms with Crippen LogP contribution >= 0.6 is 0 Å². The lowest BCUT2D eigenvalue weighted by Crippen LogP contribution is -2.33. The van der Waals surface area contributed by atoms with Crippen LogP contribution in [0.4, 0.5) is 13.2 Å². The Bertz CT molecular complexity index is 1710. The molecule has 41 heavy (non-hydrogen) atoms. The second-order valence-electron chi connectivity index (χ2n) is 11.8. The molecule has 2 fully saturated rings. The Morgan fingerprint density at radius 1 is 1.12 bits per heavy atom. The molecule has 8 nitrogen and oxygen atoms in total. The Hall–Kier alpha value is -3.73. The molecule has 7 rings (SSSR count). The highest BCUT2D eigenvalue weighted by molar-refractivity contribution is 5.83. The molecule has 0 spiro atoms. The van der Waals surface area contributed by atoms with Crippen molar-refractivity contribution in [2.45, 2.75) is 57.7 Å². The fraction of sp³-hybridized carbons (Fsp3) is 0.467. The number of hydrogen-bond donors (Lipinski definition) is 0. The summed E-state index contributed by atoms with van der Waals surface area (Å²) in [5.41, 5.74) is 1.85. The minimum absolute atomic E-state index is 0.0181. The zero-order valence-corrected chi connectivity index (χ0v) is 23.1. The summed E-state index contributed by atoms with van der Waals surface area (Å²) >= 11 is 0. The Kier molecular flexibility index (Phi) is 6.37. The molecule has 0 bridgehead atoms. The van der Waals surface area contributed by atoms with Crippen LogP contribution in [0.1, 0.15) is 67.5 Å². The van der Waals surface area contributed by atoms with Crippen molar-refractivity contribution in [3.8, 4) is 11.5 Å². The lowest BCUT2D eigenvalue weighted by molar-refractivity contribution is -0.136. The summed E-state index contributed by atoms with van der Waals surface area (Å²) in [6, 6.07) is 4.91. The van der Waals surface area contributed by atoms with E-state index in [1.165, 1.54) is 6.07 Å². The summed E-state index contributed by atoms with van der Waals surface area (Å²) in [4.78, 5) is 11.4. The first kappa shape index (κ1) is 26.2. The number of rotatable bonds is 6. The van der Waals surface area contributed by atoms with Crippen molar-refractivity contribution in [1.82, 2.24) is 34.0 Å². The number of fused-ring (bicyclic) bond motifs is 2. The molecule has 1 aromatic carbocycles. The summed E-state index contributed by atoms with van der Waals surface area (Å²) < 4.78 is 52.7. The summed E-state index contributed by atoms with van der Waals surface area (Å²) in [6.07, 6.45) is 8.14. The highest BCUT2D eigenvalue weighted by Gasteiger charge is 2.37. The number of hydrogen-bond acceptors (Lipinski definition) is 6. The molecule has 0 radical (unpaired) electrons. The van der Waals surface area contributed by atoms with Gasteiger partial charge in [-0.05, 0) is 73.4 Å². The SMILES string of the molecule is C[C@H]1CCCN(Cc2cc(C(F)(F)F)c3oc(-c4cc([C@H](c5nncn5C)C5CCC5)cn5ccnc45)nc3c2)C1. The number of piperidine rings is 1. The van der Waals surface area contributed by atoms with E-state index in [1.54, 1.807) is 18.6 Å². The number of oxazole rings is 1. The van der Waals surface area contributed by atoms with E-state index >= 15 is 0 Å². The van der Waals surface area contributed by atoms with E-state index in [9.17, 15) is 13.2 Å². The highest BCUT2D eigenvalue weighted by Crippen LogP contribution is 2.44. The number of likely N-dealkylation sites (tertiary alicyclic amines) is 1. The van der Waals surface area contributed by atoms with Crippen LogP contribution in [-0.2, 0) is 19.8 Å². The summed E-state index contributed by atoms with van der Waals surface area (Å²) in [7, 11) is 1.93. The lowest BCUT2D eigenvalue weighted by atomic mass is 9.72. The zero-order chi connectivity index (χ0) is 28.3. The molecular weight excluding hydrogens is 531 g/mol. The molecule has 1 saturated carbocycles. The van der Waals surface area contributed by atoms with Gasteiger partial charge in [0.05, 0.1) is 5.56 Å². The van der Waals surface area contributed by atoms with Gasteiger partial charge in [0.1, 0.15) is 28.9 Å². The number of pyridine rings is 1. The number of aromatic nitrogens is 6. The van der Waals surface area contributed by atoms with E-state index in [-0.39, 0.29) is 22.9 Å². The van der Waals surface area contributed by atoms with E-state index in [2.05, 4.69) is 32.0 Å². The number of imidazole rings is 1. The van der Waals surface area contributed by atoms with Crippen molar-refractivity contribution in [3.63, 3.8) is 0 Å². The van der Waals surface area contributed by atoms with Gasteiger partial charge in [-0.3, -0.25) is 4.90 Å². The van der Waals surface area contributed by atoms with Gasteiger partial charge in [0.15, 0.2) is 5.58 Å². The Morgan fingerprint density at radius 2 is 1.98 bits per heavy atom. The smallest absolute Gasteiger partial charge is 0.420 e. The monoisotopic (exact) mass is 563 g/mol. The third kappa shape index (κ3) is 4.79. The van der Waals surface area contributed by atoms with Crippen LogP contribution in [0.3, 0.4) is 0 Å². The van der Waals surface area contributed by atoms with Crippen molar-refractivity contribution < 1.29 is 17.6 Å². The fourth-order valence-corrected chi connectivity index (χ4v) is 6.56. The third-order valence-electron chi connectivity index (χ3n) is 8.75. The Balaban J connectivity index is 1.35. The summed E-state index contributed by atoms with van der Waals surface area (Å²) in [5.74, 6) is 1.89. The van der Waals surface area contributed by atoms with Crippen LogP contribution in [0.25, 0.3) is 28.2 Å². The quantitative estimate of drug-likeness (QED) is 0.236. The first-order valence-corrected chi connectivity index (χ1v) is 14.3. The van der Waals surface area contributed by atoms with Crippen LogP contribution in [-0.4, -0.2) is 47.1 Å². The maximum absolute atomic E-state index is 14.3. The van der Waals surface area contributed by atoms with Gasteiger partial charge in [-0.2, -0.15) is 13.2 Å². The molecule has 11 heteroatoms. The highest BCUT2D eigenvalue weighted by atomic mass is 19.4. The van der Waals surface area contributed by atoms with E-state index in [0.29, 0.717) is 35.2 Å². The van der Waals surface area contributed by atoms with Gasteiger partial charge in [-0.15, -0.1) is 10.2 Å². The van der Waals surface area contributed by atoms with E-state index < -0.39 is 11.7 Å². The second-order valence-corrected chi connectivity index (χ2v) is 11.8.